The molecule has 0 aliphatic heterocycles. The van der Waals surface area contributed by atoms with Gasteiger partial charge in [0.2, 0.25) is 0 Å². The summed E-state index contributed by atoms with van der Waals surface area (Å²) < 4.78 is 13.0. The summed E-state index contributed by atoms with van der Waals surface area (Å²) in [5, 5.41) is 10.3. The number of allylic oxidation sites excluding steroid dienone is 2. The van der Waals surface area contributed by atoms with Crippen LogP contribution in [0.4, 0.5) is 4.39 Å². The number of rotatable bonds is 9. The Hall–Kier alpha value is -4.01. The second kappa shape index (κ2) is 11.4. The van der Waals surface area contributed by atoms with E-state index >= 15 is 0 Å². The number of halogens is 1. The molecule has 2 aromatic rings. The van der Waals surface area contributed by atoms with Gasteiger partial charge in [-0.25, -0.2) is 4.39 Å². The number of carbonyl (C=O) groups is 2. The summed E-state index contributed by atoms with van der Waals surface area (Å²) in [6.45, 7) is 3.48. The second-order valence-electron chi connectivity index (χ2n) is 6.72. The zero-order valence-corrected chi connectivity index (χ0v) is 18.3. The third kappa shape index (κ3) is 6.24. The predicted octanol–water partition coefficient (Wildman–Crippen LogP) is 2.85. The molecule has 168 valence electrons. The van der Waals surface area contributed by atoms with Crippen molar-refractivity contribution in [3.8, 4) is 0 Å². The number of amides is 1. The molecule has 0 heterocycles. The smallest absolute Gasteiger partial charge is 0.273 e. The first kappa shape index (κ1) is 24.3. The number of ketones is 1. The molecule has 0 saturated carbocycles. The third-order valence-electron chi connectivity index (χ3n) is 4.53. The van der Waals surface area contributed by atoms with Crippen molar-refractivity contribution < 1.29 is 23.7 Å². The molecule has 9 heteroatoms. The fraction of sp³-hybridized carbons (Fsp3) is 0.217. The molecular weight excluding hydrogens is 415 g/mol. The Labute approximate surface area is 185 Å². The van der Waals surface area contributed by atoms with Gasteiger partial charge in [0.15, 0.2) is 11.5 Å². The van der Waals surface area contributed by atoms with Crippen molar-refractivity contribution in [1.82, 2.24) is 5.32 Å². The monoisotopic (exact) mass is 440 g/mol. The quantitative estimate of drug-likeness (QED) is 0.269. The van der Waals surface area contributed by atoms with Crippen molar-refractivity contribution in [1.29, 1.82) is 0 Å². The number of oxime groups is 2. The summed E-state index contributed by atoms with van der Waals surface area (Å²) in [6, 6.07) is 10.5. The van der Waals surface area contributed by atoms with Crippen LogP contribution in [0.5, 0.6) is 0 Å². The van der Waals surface area contributed by atoms with E-state index in [2.05, 4.69) is 15.6 Å². The summed E-state index contributed by atoms with van der Waals surface area (Å²) in [7, 11) is 2.85. The predicted molar refractivity (Wildman–Crippen MR) is 120 cm³/mol. The van der Waals surface area contributed by atoms with Gasteiger partial charge in [-0.2, -0.15) is 0 Å². The lowest BCUT2D eigenvalue weighted by molar-refractivity contribution is -0.114. The lowest BCUT2D eigenvalue weighted by Crippen LogP contribution is -2.29. The first-order valence-electron chi connectivity index (χ1n) is 9.64. The number of aryl methyl sites for hydroxylation is 1. The molecule has 0 unspecified atom stereocenters. The number of likely N-dealkylation sites (N-methyl/N-ethyl adjacent to an activating group) is 1. The van der Waals surface area contributed by atoms with Crippen molar-refractivity contribution in [2.45, 2.75) is 20.5 Å². The van der Waals surface area contributed by atoms with Crippen LogP contribution in [-0.4, -0.2) is 37.3 Å². The van der Waals surface area contributed by atoms with Crippen LogP contribution in [0.1, 0.15) is 34.0 Å². The number of benzene rings is 2. The van der Waals surface area contributed by atoms with Gasteiger partial charge in [0.1, 0.15) is 19.5 Å². The number of hydrogen-bond donors (Lipinski definition) is 2. The molecule has 1 amide bonds. The Kier molecular flexibility index (Phi) is 8.64. The van der Waals surface area contributed by atoms with Crippen LogP contribution in [0.15, 0.2) is 64.5 Å². The minimum atomic E-state index is -0.435. The molecule has 0 atom stereocenters. The summed E-state index contributed by atoms with van der Waals surface area (Å²) in [4.78, 5) is 34.7. The standard InChI is InChI=1S/C23H25FN4O4/c1-14-6-5-7-18(22(28-31-4)23(30)26-3)19(14)13-32-27-15(2)20(25)12-21(29)16-8-10-17(24)11-9-16/h5-12H,13,25H2,1-4H3,(H,26,30)/b20-12-,27-15+,28-22+. The van der Waals surface area contributed by atoms with Crippen molar-refractivity contribution in [3.05, 3.63) is 82.3 Å². The highest BCUT2D eigenvalue weighted by Crippen LogP contribution is 2.17. The van der Waals surface area contributed by atoms with Gasteiger partial charge in [0.05, 0.1) is 11.4 Å². The minimum absolute atomic E-state index is 0.0261. The Morgan fingerprint density at radius 2 is 1.84 bits per heavy atom. The Morgan fingerprint density at radius 3 is 2.47 bits per heavy atom. The zero-order valence-electron chi connectivity index (χ0n) is 18.3. The molecule has 0 aliphatic carbocycles. The van der Waals surface area contributed by atoms with Gasteiger partial charge >= 0.3 is 0 Å². The maximum absolute atomic E-state index is 13.0. The van der Waals surface area contributed by atoms with Crippen LogP contribution in [-0.2, 0) is 21.1 Å². The van der Waals surface area contributed by atoms with Crippen LogP contribution in [0, 0.1) is 12.7 Å². The molecule has 32 heavy (non-hydrogen) atoms. The number of nitrogens with one attached hydrogen (secondary N) is 1. The van der Waals surface area contributed by atoms with Gasteiger partial charge in [-0.05, 0) is 43.7 Å². The first-order valence-corrected chi connectivity index (χ1v) is 9.64. The highest BCUT2D eigenvalue weighted by molar-refractivity contribution is 6.45. The maximum Gasteiger partial charge on any atom is 0.273 e. The van der Waals surface area contributed by atoms with E-state index in [9.17, 15) is 14.0 Å². The largest absolute Gasteiger partial charge is 0.398 e. The van der Waals surface area contributed by atoms with Crippen LogP contribution < -0.4 is 11.1 Å². The van der Waals surface area contributed by atoms with E-state index in [0.29, 0.717) is 16.7 Å². The molecule has 0 aliphatic rings. The molecule has 0 aromatic heterocycles. The normalized spacial score (nSPS) is 12.3. The second-order valence-corrected chi connectivity index (χ2v) is 6.72. The maximum atomic E-state index is 13.0. The van der Waals surface area contributed by atoms with Gasteiger partial charge < -0.3 is 20.7 Å². The average Bonchev–Trinajstić information content (AvgIpc) is 2.78. The first-order chi connectivity index (χ1) is 15.3. The molecule has 0 bridgehead atoms. The summed E-state index contributed by atoms with van der Waals surface area (Å²) in [5.41, 5.74) is 8.81. The van der Waals surface area contributed by atoms with Gasteiger partial charge in [0, 0.05) is 29.8 Å². The Bertz CT molecular complexity index is 1080. The van der Waals surface area contributed by atoms with E-state index in [1.54, 1.807) is 19.1 Å². The van der Waals surface area contributed by atoms with E-state index in [1.165, 1.54) is 44.5 Å². The van der Waals surface area contributed by atoms with Crippen LogP contribution in [0.25, 0.3) is 0 Å². The van der Waals surface area contributed by atoms with E-state index in [4.69, 9.17) is 15.4 Å². The molecule has 2 rings (SSSR count). The summed E-state index contributed by atoms with van der Waals surface area (Å²) >= 11 is 0. The molecule has 3 N–H and O–H groups in total. The lowest BCUT2D eigenvalue weighted by atomic mass is 9.98. The molecular formula is C23H25FN4O4. The number of carbonyl (C=O) groups excluding carboxylic acids is 2. The zero-order chi connectivity index (χ0) is 23.7. The summed E-state index contributed by atoms with van der Waals surface area (Å²) in [5.74, 6) is -1.23. The molecule has 0 radical (unpaired) electrons. The van der Waals surface area contributed by atoms with Gasteiger partial charge in [0.25, 0.3) is 5.91 Å². The van der Waals surface area contributed by atoms with Gasteiger partial charge in [-0.3, -0.25) is 9.59 Å². The van der Waals surface area contributed by atoms with E-state index in [-0.39, 0.29) is 29.5 Å². The fourth-order valence-electron chi connectivity index (χ4n) is 2.73. The molecule has 8 nitrogen and oxygen atoms in total. The lowest BCUT2D eigenvalue weighted by Gasteiger charge is -2.13. The summed E-state index contributed by atoms with van der Waals surface area (Å²) in [6.07, 6.45) is 1.20. The van der Waals surface area contributed by atoms with Gasteiger partial charge in [-0.15, -0.1) is 0 Å². The van der Waals surface area contributed by atoms with Crippen LogP contribution >= 0.6 is 0 Å². The number of nitrogens with two attached hydrogens (primary N) is 1. The Balaban J connectivity index is 2.19. The molecule has 0 spiro atoms. The van der Waals surface area contributed by atoms with Gasteiger partial charge in [-0.1, -0.05) is 28.5 Å². The van der Waals surface area contributed by atoms with E-state index < -0.39 is 11.7 Å². The number of hydrogen-bond acceptors (Lipinski definition) is 7. The highest BCUT2D eigenvalue weighted by atomic mass is 19.1. The number of nitrogens with zero attached hydrogens (tertiary/aromatic N) is 2. The molecule has 0 fully saturated rings. The molecule has 2 aromatic carbocycles. The van der Waals surface area contributed by atoms with E-state index in [1.807, 2.05) is 13.0 Å². The fourth-order valence-corrected chi connectivity index (χ4v) is 2.73. The van der Waals surface area contributed by atoms with Crippen molar-refractivity contribution in [2.24, 2.45) is 16.0 Å². The van der Waals surface area contributed by atoms with Crippen molar-refractivity contribution in [2.75, 3.05) is 14.2 Å². The van der Waals surface area contributed by atoms with Crippen LogP contribution in [0.3, 0.4) is 0 Å². The topological polar surface area (TPSA) is 115 Å². The van der Waals surface area contributed by atoms with Crippen molar-refractivity contribution in [3.63, 3.8) is 0 Å². The highest BCUT2D eigenvalue weighted by Gasteiger charge is 2.19. The third-order valence-corrected chi connectivity index (χ3v) is 4.53. The van der Waals surface area contributed by atoms with Crippen LogP contribution in [0.2, 0.25) is 0 Å². The van der Waals surface area contributed by atoms with Crippen molar-refractivity contribution >= 4 is 23.1 Å². The SMILES string of the molecule is CNC(=O)/C(=N/OC)c1cccc(C)c1CO/N=C(C)/C(N)=C/C(=O)c1ccc(F)cc1. The Morgan fingerprint density at radius 1 is 1.16 bits per heavy atom. The minimum Gasteiger partial charge on any atom is -0.398 e. The van der Waals surface area contributed by atoms with E-state index in [0.717, 1.165) is 5.56 Å². The molecule has 0 saturated heterocycles. The average molecular weight is 440 g/mol.